The van der Waals surface area contributed by atoms with Crippen molar-refractivity contribution >= 4 is 22.6 Å². The number of nitrogens with zero attached hydrogens (tertiary/aromatic N) is 3. The van der Waals surface area contributed by atoms with Crippen LogP contribution in [0.25, 0.3) is 11.0 Å². The Labute approximate surface area is 165 Å². The van der Waals surface area contributed by atoms with Crippen molar-refractivity contribution in [1.82, 2.24) is 14.8 Å². The Kier molecular flexibility index (Phi) is 5.25. The molecule has 0 aliphatic heterocycles. The third-order valence-electron chi connectivity index (χ3n) is 4.69. The van der Waals surface area contributed by atoms with Gasteiger partial charge in [-0.3, -0.25) is 9.48 Å². The Hall–Kier alpha value is -3.10. The molecule has 3 aromatic rings. The molecule has 1 N–H and O–H groups in total. The summed E-state index contributed by atoms with van der Waals surface area (Å²) in [5.74, 6) is -0.791. The highest BCUT2D eigenvalue weighted by molar-refractivity contribution is 5.94. The van der Waals surface area contributed by atoms with E-state index in [9.17, 15) is 18.0 Å². The van der Waals surface area contributed by atoms with E-state index in [0.717, 1.165) is 17.2 Å². The van der Waals surface area contributed by atoms with Crippen molar-refractivity contribution in [2.24, 2.45) is 7.05 Å². The largest absolute Gasteiger partial charge is 0.464 e. The van der Waals surface area contributed by atoms with Crippen LogP contribution in [0.15, 0.2) is 24.3 Å². The first-order chi connectivity index (χ1) is 13.5. The summed E-state index contributed by atoms with van der Waals surface area (Å²) in [6, 6.07) is 6.23. The van der Waals surface area contributed by atoms with Crippen LogP contribution in [-0.2, 0) is 18.0 Å². The lowest BCUT2D eigenvalue weighted by Crippen LogP contribution is -2.30. The van der Waals surface area contributed by atoms with Crippen molar-refractivity contribution < 1.29 is 22.7 Å². The number of ether oxygens (including phenoxy) is 1. The van der Waals surface area contributed by atoms with Gasteiger partial charge in [-0.05, 0) is 51.0 Å². The van der Waals surface area contributed by atoms with Crippen LogP contribution >= 0.6 is 0 Å². The van der Waals surface area contributed by atoms with E-state index in [2.05, 4.69) is 15.4 Å². The minimum atomic E-state index is -4.61. The minimum Gasteiger partial charge on any atom is -0.464 e. The number of amides is 1. The van der Waals surface area contributed by atoms with Crippen LogP contribution in [0.1, 0.15) is 29.3 Å². The number of aromatic nitrogens is 3. The molecular weight excluding hydrogens is 385 g/mol. The molecule has 1 aromatic carbocycles. The summed E-state index contributed by atoms with van der Waals surface area (Å²) in [7, 11) is 1.50. The Bertz CT molecular complexity index is 1090. The molecule has 0 bridgehead atoms. The van der Waals surface area contributed by atoms with Crippen LogP contribution in [0.4, 0.5) is 18.9 Å². The summed E-state index contributed by atoms with van der Waals surface area (Å²) in [5.41, 5.74) is 2.02. The SMILES string of the molecule is Cc1ccc(NC(=O)[C@@H](C)Oc2cc(C(F)(F)F)c3c(C)nn(C)c3n2)cc1C. The predicted molar refractivity (Wildman–Crippen MR) is 103 cm³/mol. The molecule has 2 heterocycles. The average molecular weight is 406 g/mol. The summed E-state index contributed by atoms with van der Waals surface area (Å²) in [6.45, 7) is 6.80. The van der Waals surface area contributed by atoms with Crippen molar-refractivity contribution in [3.05, 3.63) is 46.6 Å². The number of hydrogen-bond donors (Lipinski definition) is 1. The number of carbonyl (C=O) groups is 1. The van der Waals surface area contributed by atoms with Gasteiger partial charge in [-0.1, -0.05) is 6.07 Å². The molecule has 154 valence electrons. The zero-order chi connectivity index (χ0) is 21.5. The van der Waals surface area contributed by atoms with Crippen LogP contribution in [-0.4, -0.2) is 26.8 Å². The zero-order valence-electron chi connectivity index (χ0n) is 16.7. The Balaban J connectivity index is 1.88. The Morgan fingerprint density at radius 2 is 1.86 bits per heavy atom. The lowest BCUT2D eigenvalue weighted by atomic mass is 10.1. The zero-order valence-corrected chi connectivity index (χ0v) is 16.7. The van der Waals surface area contributed by atoms with Gasteiger partial charge in [0.05, 0.1) is 16.6 Å². The Morgan fingerprint density at radius 3 is 2.48 bits per heavy atom. The number of pyridine rings is 1. The van der Waals surface area contributed by atoms with Crippen LogP contribution in [0.3, 0.4) is 0 Å². The van der Waals surface area contributed by atoms with Gasteiger partial charge in [-0.15, -0.1) is 0 Å². The van der Waals surface area contributed by atoms with Crippen molar-refractivity contribution in [3.63, 3.8) is 0 Å². The van der Waals surface area contributed by atoms with E-state index in [1.54, 1.807) is 6.07 Å². The molecule has 1 atom stereocenters. The third kappa shape index (κ3) is 4.18. The molecule has 0 aliphatic rings. The first-order valence-electron chi connectivity index (χ1n) is 8.93. The number of carbonyl (C=O) groups excluding carboxylic acids is 1. The van der Waals surface area contributed by atoms with Crippen LogP contribution in [0.5, 0.6) is 5.88 Å². The number of hydrogen-bond acceptors (Lipinski definition) is 4. The maximum absolute atomic E-state index is 13.5. The van der Waals surface area contributed by atoms with Gasteiger partial charge in [0.2, 0.25) is 5.88 Å². The summed E-state index contributed by atoms with van der Waals surface area (Å²) < 4.78 is 47.3. The molecule has 29 heavy (non-hydrogen) atoms. The lowest BCUT2D eigenvalue weighted by molar-refractivity contribution is -0.136. The van der Waals surface area contributed by atoms with Gasteiger partial charge in [-0.25, -0.2) is 0 Å². The fraction of sp³-hybridized carbons (Fsp3) is 0.350. The fourth-order valence-electron chi connectivity index (χ4n) is 3.00. The molecule has 1 amide bonds. The lowest BCUT2D eigenvalue weighted by Gasteiger charge is -2.16. The molecular formula is C20H21F3N4O2. The average Bonchev–Trinajstić information content (AvgIpc) is 2.90. The molecule has 3 rings (SSSR count). The van der Waals surface area contributed by atoms with Gasteiger partial charge in [-0.2, -0.15) is 23.3 Å². The van der Waals surface area contributed by atoms with E-state index in [1.807, 2.05) is 26.0 Å². The quantitative estimate of drug-likeness (QED) is 0.701. The van der Waals surface area contributed by atoms with E-state index in [0.29, 0.717) is 5.69 Å². The van der Waals surface area contributed by atoms with Crippen molar-refractivity contribution in [3.8, 4) is 5.88 Å². The molecule has 6 nitrogen and oxygen atoms in total. The number of aryl methyl sites for hydroxylation is 4. The van der Waals surface area contributed by atoms with Gasteiger partial charge in [0.25, 0.3) is 5.91 Å². The second-order valence-corrected chi connectivity index (χ2v) is 6.96. The molecule has 0 spiro atoms. The van der Waals surface area contributed by atoms with E-state index in [-0.39, 0.29) is 22.6 Å². The standard InChI is InChI=1S/C20H21F3N4O2/c1-10-6-7-14(8-11(10)2)24-19(28)13(4)29-16-9-15(20(21,22)23)17-12(3)26-27(5)18(17)25-16/h6-9,13H,1-5H3,(H,24,28)/t13-/m1/s1. The monoisotopic (exact) mass is 406 g/mol. The smallest absolute Gasteiger partial charge is 0.417 e. The molecule has 0 unspecified atom stereocenters. The van der Waals surface area contributed by atoms with Gasteiger partial charge < -0.3 is 10.1 Å². The van der Waals surface area contributed by atoms with Crippen LogP contribution in [0, 0.1) is 20.8 Å². The molecule has 0 radical (unpaired) electrons. The highest BCUT2D eigenvalue weighted by Gasteiger charge is 2.36. The van der Waals surface area contributed by atoms with Gasteiger partial charge in [0, 0.05) is 18.8 Å². The highest BCUT2D eigenvalue weighted by Crippen LogP contribution is 2.37. The normalized spacial score (nSPS) is 12.8. The first-order valence-corrected chi connectivity index (χ1v) is 8.93. The van der Waals surface area contributed by atoms with Gasteiger partial charge in [0.1, 0.15) is 0 Å². The van der Waals surface area contributed by atoms with E-state index >= 15 is 0 Å². The summed E-state index contributed by atoms with van der Waals surface area (Å²) in [4.78, 5) is 16.5. The second-order valence-electron chi connectivity index (χ2n) is 6.96. The number of alkyl halides is 3. The van der Waals surface area contributed by atoms with Gasteiger partial charge >= 0.3 is 6.18 Å². The summed E-state index contributed by atoms with van der Waals surface area (Å²) in [5, 5.41) is 6.62. The minimum absolute atomic E-state index is 0.0362. The second kappa shape index (κ2) is 7.38. The number of fused-ring (bicyclic) bond motifs is 1. The van der Waals surface area contributed by atoms with E-state index < -0.39 is 23.8 Å². The predicted octanol–water partition coefficient (Wildman–Crippen LogP) is 4.32. The number of anilines is 1. The first kappa shape index (κ1) is 20.6. The van der Waals surface area contributed by atoms with Gasteiger partial charge in [0.15, 0.2) is 11.8 Å². The maximum atomic E-state index is 13.5. The molecule has 0 saturated heterocycles. The topological polar surface area (TPSA) is 69.0 Å². The van der Waals surface area contributed by atoms with Crippen LogP contribution in [0.2, 0.25) is 0 Å². The number of benzene rings is 1. The molecule has 0 saturated carbocycles. The summed E-state index contributed by atoms with van der Waals surface area (Å²) in [6.07, 6.45) is -5.67. The highest BCUT2D eigenvalue weighted by atomic mass is 19.4. The van der Waals surface area contributed by atoms with Crippen molar-refractivity contribution in [2.45, 2.75) is 40.0 Å². The van der Waals surface area contributed by atoms with Crippen molar-refractivity contribution in [2.75, 3.05) is 5.32 Å². The fourth-order valence-corrected chi connectivity index (χ4v) is 3.00. The van der Waals surface area contributed by atoms with Crippen molar-refractivity contribution in [1.29, 1.82) is 0 Å². The number of nitrogens with one attached hydrogen (secondary N) is 1. The molecule has 0 fully saturated rings. The third-order valence-corrected chi connectivity index (χ3v) is 4.69. The van der Waals surface area contributed by atoms with E-state index in [1.165, 1.54) is 25.6 Å². The summed E-state index contributed by atoms with van der Waals surface area (Å²) >= 11 is 0. The molecule has 2 aromatic heterocycles. The molecule has 0 aliphatic carbocycles. The number of rotatable bonds is 4. The number of halogens is 3. The molecule has 9 heteroatoms. The van der Waals surface area contributed by atoms with E-state index in [4.69, 9.17) is 4.74 Å². The Morgan fingerprint density at radius 1 is 1.17 bits per heavy atom. The maximum Gasteiger partial charge on any atom is 0.417 e. The van der Waals surface area contributed by atoms with Crippen LogP contribution < -0.4 is 10.1 Å².